The van der Waals surface area contributed by atoms with Gasteiger partial charge < -0.3 is 20.1 Å². The van der Waals surface area contributed by atoms with Crippen LogP contribution in [0.4, 0.5) is 5.82 Å². The summed E-state index contributed by atoms with van der Waals surface area (Å²) in [6.07, 6.45) is 5.53. The minimum atomic E-state index is -1.00. The average molecular weight is 440 g/mol. The third-order valence-corrected chi connectivity index (χ3v) is 6.22. The van der Waals surface area contributed by atoms with E-state index in [2.05, 4.69) is 25.1 Å². The second-order valence-corrected chi connectivity index (χ2v) is 8.87. The lowest BCUT2D eigenvalue weighted by molar-refractivity contribution is 0.0254. The van der Waals surface area contributed by atoms with Crippen LogP contribution in [-0.2, 0) is 0 Å². The molecule has 2 aliphatic rings. The molecule has 2 aromatic rings. The molecular weight excluding hydrogens is 406 g/mol. The molecule has 4 rings (SSSR count). The Kier molecular flexibility index (Phi) is 7.22. The lowest BCUT2D eigenvalue weighted by Gasteiger charge is -2.39. The summed E-state index contributed by atoms with van der Waals surface area (Å²) in [5.74, 6) is 1.29. The number of nitrogens with zero attached hydrogens (tertiary/aromatic N) is 4. The maximum absolute atomic E-state index is 12.7. The van der Waals surface area contributed by atoms with Crippen molar-refractivity contribution in [1.29, 1.82) is 0 Å². The van der Waals surface area contributed by atoms with Gasteiger partial charge >= 0.3 is 0 Å². The van der Waals surface area contributed by atoms with Crippen molar-refractivity contribution in [3.05, 3.63) is 47.9 Å². The number of aromatic nitrogens is 2. The summed E-state index contributed by atoms with van der Waals surface area (Å²) in [5.41, 5.74) is 0.419. The van der Waals surface area contributed by atoms with Gasteiger partial charge in [0.05, 0.1) is 5.60 Å². The summed E-state index contributed by atoms with van der Waals surface area (Å²) in [4.78, 5) is 25.7. The zero-order valence-corrected chi connectivity index (χ0v) is 18.8. The lowest BCUT2D eigenvalue weighted by Crippen LogP contribution is -2.54. The van der Waals surface area contributed by atoms with Crippen LogP contribution in [0.3, 0.4) is 0 Å². The highest BCUT2D eigenvalue weighted by atomic mass is 16.5. The number of rotatable bonds is 8. The number of carbonyl (C=O) groups is 1. The van der Waals surface area contributed by atoms with E-state index in [1.165, 1.54) is 12.8 Å². The van der Waals surface area contributed by atoms with Crippen molar-refractivity contribution in [2.24, 2.45) is 0 Å². The average Bonchev–Trinajstić information content (AvgIpc) is 3.31. The van der Waals surface area contributed by atoms with E-state index in [0.717, 1.165) is 44.1 Å². The maximum Gasteiger partial charge on any atom is 0.251 e. The largest absolute Gasteiger partial charge is 0.492 e. The first-order chi connectivity index (χ1) is 15.5. The van der Waals surface area contributed by atoms with Crippen molar-refractivity contribution < 1.29 is 14.6 Å². The number of hydrogen-bond acceptors (Lipinski definition) is 7. The Bertz CT molecular complexity index is 918. The summed E-state index contributed by atoms with van der Waals surface area (Å²) >= 11 is 0. The normalized spacial score (nSPS) is 21.5. The number of aliphatic hydroxyl groups is 1. The number of β-amino-alcohol motifs (C(OH)–C–C–N with tert-alkyl or cyclic N) is 1. The standard InChI is InChI=1S/C24H33N5O3/c1-19-14-22(27-18-26-19)29-11-5-8-24(31,17-29)16-25-23(30)20-6-4-7-21(15-20)32-13-12-28-9-2-3-10-28/h4,6-7,14-15,18,31H,2-3,5,8-13,16-17H2,1H3,(H,25,30). The number of aryl methyl sites for hydroxylation is 1. The molecule has 8 heteroatoms. The van der Waals surface area contributed by atoms with E-state index in [9.17, 15) is 9.90 Å². The van der Waals surface area contributed by atoms with Crippen LogP contribution in [0.2, 0.25) is 0 Å². The Labute approximate surface area is 189 Å². The second kappa shape index (κ2) is 10.3. The van der Waals surface area contributed by atoms with Gasteiger partial charge in [0, 0.05) is 43.5 Å². The summed E-state index contributed by atoms with van der Waals surface area (Å²) in [5, 5.41) is 14.0. The van der Waals surface area contributed by atoms with Gasteiger partial charge in [-0.05, 0) is 63.9 Å². The Morgan fingerprint density at radius 3 is 2.84 bits per heavy atom. The van der Waals surface area contributed by atoms with Crippen molar-refractivity contribution in [3.8, 4) is 5.75 Å². The third-order valence-electron chi connectivity index (χ3n) is 6.22. The topological polar surface area (TPSA) is 90.8 Å². The number of piperidine rings is 1. The molecule has 1 amide bonds. The van der Waals surface area contributed by atoms with Crippen LogP contribution in [0.1, 0.15) is 41.7 Å². The molecule has 8 nitrogen and oxygen atoms in total. The van der Waals surface area contributed by atoms with Gasteiger partial charge in [-0.25, -0.2) is 9.97 Å². The fourth-order valence-corrected chi connectivity index (χ4v) is 4.44. The summed E-state index contributed by atoms with van der Waals surface area (Å²) in [6.45, 7) is 7.16. The van der Waals surface area contributed by atoms with E-state index in [1.54, 1.807) is 18.5 Å². The van der Waals surface area contributed by atoms with E-state index in [1.807, 2.05) is 25.1 Å². The molecule has 0 saturated carbocycles. The monoisotopic (exact) mass is 439 g/mol. The molecule has 0 aliphatic carbocycles. The Balaban J connectivity index is 1.29. The Morgan fingerprint density at radius 2 is 2.03 bits per heavy atom. The molecule has 1 aromatic carbocycles. The van der Waals surface area contributed by atoms with Gasteiger partial charge in [-0.2, -0.15) is 0 Å². The molecule has 2 aliphatic heterocycles. The van der Waals surface area contributed by atoms with E-state index in [-0.39, 0.29) is 12.5 Å². The van der Waals surface area contributed by atoms with Crippen LogP contribution in [-0.4, -0.2) is 77.4 Å². The second-order valence-electron chi connectivity index (χ2n) is 8.87. The quantitative estimate of drug-likeness (QED) is 0.650. The van der Waals surface area contributed by atoms with E-state index in [0.29, 0.717) is 30.9 Å². The molecule has 32 heavy (non-hydrogen) atoms. The first-order valence-corrected chi connectivity index (χ1v) is 11.5. The Hall–Kier alpha value is -2.71. The molecule has 3 heterocycles. The number of anilines is 1. The number of amides is 1. The summed E-state index contributed by atoms with van der Waals surface area (Å²) in [7, 11) is 0. The van der Waals surface area contributed by atoms with Crippen LogP contribution in [0.25, 0.3) is 0 Å². The minimum absolute atomic E-state index is 0.187. The molecule has 0 bridgehead atoms. The predicted molar refractivity (Wildman–Crippen MR) is 123 cm³/mol. The predicted octanol–water partition coefficient (Wildman–Crippen LogP) is 2.02. The van der Waals surface area contributed by atoms with Crippen molar-refractivity contribution in [1.82, 2.24) is 20.2 Å². The van der Waals surface area contributed by atoms with Gasteiger partial charge in [0.15, 0.2) is 0 Å². The fraction of sp³-hybridized carbons (Fsp3) is 0.542. The molecule has 1 aromatic heterocycles. The third kappa shape index (κ3) is 5.95. The van der Waals surface area contributed by atoms with Crippen LogP contribution < -0.4 is 15.0 Å². The van der Waals surface area contributed by atoms with Gasteiger partial charge in [0.2, 0.25) is 0 Å². The summed E-state index contributed by atoms with van der Waals surface area (Å²) in [6, 6.07) is 9.15. The maximum atomic E-state index is 12.7. The van der Waals surface area contributed by atoms with Gasteiger partial charge in [-0.3, -0.25) is 9.69 Å². The number of benzene rings is 1. The zero-order valence-electron chi connectivity index (χ0n) is 18.8. The van der Waals surface area contributed by atoms with E-state index in [4.69, 9.17) is 4.74 Å². The van der Waals surface area contributed by atoms with Crippen LogP contribution in [0, 0.1) is 6.92 Å². The number of carbonyl (C=O) groups excluding carboxylic acids is 1. The highest BCUT2D eigenvalue weighted by molar-refractivity contribution is 5.94. The van der Waals surface area contributed by atoms with Crippen LogP contribution in [0.5, 0.6) is 5.75 Å². The highest BCUT2D eigenvalue weighted by Gasteiger charge is 2.34. The lowest BCUT2D eigenvalue weighted by atomic mass is 9.92. The first-order valence-electron chi connectivity index (χ1n) is 11.5. The molecule has 1 unspecified atom stereocenters. The minimum Gasteiger partial charge on any atom is -0.492 e. The molecule has 2 N–H and O–H groups in total. The fourth-order valence-electron chi connectivity index (χ4n) is 4.44. The number of nitrogens with one attached hydrogen (secondary N) is 1. The molecule has 0 spiro atoms. The smallest absolute Gasteiger partial charge is 0.251 e. The van der Waals surface area contributed by atoms with Gasteiger partial charge in [-0.1, -0.05) is 6.07 Å². The van der Waals surface area contributed by atoms with Gasteiger partial charge in [-0.15, -0.1) is 0 Å². The van der Waals surface area contributed by atoms with Crippen molar-refractivity contribution >= 4 is 11.7 Å². The van der Waals surface area contributed by atoms with Gasteiger partial charge in [0.25, 0.3) is 5.91 Å². The van der Waals surface area contributed by atoms with Crippen molar-refractivity contribution in [2.75, 3.05) is 50.8 Å². The van der Waals surface area contributed by atoms with Crippen molar-refractivity contribution in [2.45, 2.75) is 38.2 Å². The van der Waals surface area contributed by atoms with Gasteiger partial charge in [0.1, 0.15) is 24.5 Å². The van der Waals surface area contributed by atoms with E-state index < -0.39 is 5.60 Å². The number of hydrogen-bond donors (Lipinski definition) is 2. The highest BCUT2D eigenvalue weighted by Crippen LogP contribution is 2.25. The Morgan fingerprint density at radius 1 is 1.19 bits per heavy atom. The first kappa shape index (κ1) is 22.5. The van der Waals surface area contributed by atoms with Crippen LogP contribution >= 0.6 is 0 Å². The summed E-state index contributed by atoms with van der Waals surface area (Å²) < 4.78 is 5.86. The van der Waals surface area contributed by atoms with E-state index >= 15 is 0 Å². The molecule has 1 atom stereocenters. The molecule has 2 saturated heterocycles. The number of likely N-dealkylation sites (tertiary alicyclic amines) is 1. The van der Waals surface area contributed by atoms with Crippen LogP contribution in [0.15, 0.2) is 36.7 Å². The molecular formula is C24H33N5O3. The van der Waals surface area contributed by atoms with Crippen molar-refractivity contribution in [3.63, 3.8) is 0 Å². The number of ether oxygens (including phenoxy) is 1. The SMILES string of the molecule is Cc1cc(N2CCCC(O)(CNC(=O)c3cccc(OCCN4CCCC4)c3)C2)ncn1. The molecule has 2 fully saturated rings. The molecule has 0 radical (unpaired) electrons. The zero-order chi connectivity index (χ0) is 22.4. The molecule has 172 valence electrons.